The van der Waals surface area contributed by atoms with Crippen LogP contribution < -0.4 is 16.1 Å². The molecule has 0 aromatic heterocycles. The summed E-state index contributed by atoms with van der Waals surface area (Å²) in [6.45, 7) is 1.42. The smallest absolute Gasteiger partial charge is 0.363 e. The number of aldehydes is 1. The van der Waals surface area contributed by atoms with Crippen LogP contribution in [-0.4, -0.2) is 47.8 Å². The van der Waals surface area contributed by atoms with Crippen molar-refractivity contribution in [2.45, 2.75) is 44.6 Å². The number of aliphatic imine (C=N–C) groups is 1. The predicted octanol–water partition coefficient (Wildman–Crippen LogP) is 2.41. The first kappa shape index (κ1) is 21.0. The van der Waals surface area contributed by atoms with E-state index in [-0.39, 0.29) is 17.6 Å². The lowest BCUT2D eigenvalue weighted by atomic mass is 10.0. The molecule has 1 unspecified atom stereocenters. The molecule has 164 valence electrons. The lowest BCUT2D eigenvalue weighted by Gasteiger charge is -2.34. The summed E-state index contributed by atoms with van der Waals surface area (Å²) in [6.07, 6.45) is -0.156. The number of hydrazine groups is 1. The number of nitrogens with zero attached hydrogens (tertiary/aromatic N) is 2. The zero-order chi connectivity index (χ0) is 22.2. The van der Waals surface area contributed by atoms with Crippen LogP contribution in [0, 0.1) is 6.92 Å². The Labute approximate surface area is 177 Å². The maximum atomic E-state index is 12.5. The summed E-state index contributed by atoms with van der Waals surface area (Å²) in [6, 6.07) is 5.66. The molecule has 31 heavy (non-hydrogen) atoms. The Hall–Kier alpha value is -3.30. The highest BCUT2D eigenvalue weighted by molar-refractivity contribution is 6.05. The second-order valence-electron chi connectivity index (χ2n) is 7.75. The van der Waals surface area contributed by atoms with E-state index in [1.165, 1.54) is 6.08 Å². The second kappa shape index (κ2) is 8.09. The van der Waals surface area contributed by atoms with Crippen LogP contribution in [-0.2, 0) is 4.79 Å². The van der Waals surface area contributed by atoms with E-state index in [2.05, 4.69) is 21.1 Å². The van der Waals surface area contributed by atoms with Crippen LogP contribution in [0.3, 0.4) is 0 Å². The molecule has 1 saturated carbocycles. The molecule has 1 aliphatic carbocycles. The number of amides is 1. The Morgan fingerprint density at radius 1 is 1.35 bits per heavy atom. The van der Waals surface area contributed by atoms with Crippen LogP contribution in [0.15, 0.2) is 41.2 Å². The Kier molecular flexibility index (Phi) is 5.47. The highest BCUT2D eigenvalue weighted by atomic mass is 19.4. The van der Waals surface area contributed by atoms with Gasteiger partial charge in [0.2, 0.25) is 0 Å². The number of hydrogen-bond donors (Lipinski definition) is 3. The van der Waals surface area contributed by atoms with Gasteiger partial charge in [-0.25, -0.2) is 0 Å². The van der Waals surface area contributed by atoms with Crippen molar-refractivity contribution >= 4 is 23.6 Å². The summed E-state index contributed by atoms with van der Waals surface area (Å²) in [5, 5.41) is 7.70. The molecule has 0 spiro atoms. The summed E-state index contributed by atoms with van der Waals surface area (Å²) >= 11 is 0. The number of carbonyl (C=O) groups excluding carboxylic acids is 2. The van der Waals surface area contributed by atoms with E-state index in [0.29, 0.717) is 23.3 Å². The lowest BCUT2D eigenvalue weighted by molar-refractivity contribution is -0.132. The molecule has 1 atom stereocenters. The molecule has 1 aromatic rings. The minimum Gasteiger partial charge on any atom is -0.363 e. The van der Waals surface area contributed by atoms with E-state index >= 15 is 0 Å². The Balaban J connectivity index is 1.54. The van der Waals surface area contributed by atoms with Gasteiger partial charge in [0, 0.05) is 29.9 Å². The third-order valence-electron chi connectivity index (χ3n) is 5.22. The molecule has 10 heteroatoms. The lowest BCUT2D eigenvalue weighted by Crippen LogP contribution is -2.53. The second-order valence-corrected chi connectivity index (χ2v) is 7.75. The molecule has 2 aliphatic heterocycles. The molecule has 0 radical (unpaired) electrons. The number of benzene rings is 1. The zero-order valence-electron chi connectivity index (χ0n) is 16.8. The molecule has 4 rings (SSSR count). The van der Waals surface area contributed by atoms with Crippen molar-refractivity contribution < 1.29 is 22.8 Å². The number of alkyl halides is 3. The van der Waals surface area contributed by atoms with Gasteiger partial charge >= 0.3 is 6.18 Å². The van der Waals surface area contributed by atoms with Crippen molar-refractivity contribution in [1.82, 2.24) is 21.1 Å². The maximum absolute atomic E-state index is 12.5. The number of fused-ring (bicyclic) bond motifs is 1. The first-order valence-electron chi connectivity index (χ1n) is 9.97. The minimum atomic E-state index is -4.30. The van der Waals surface area contributed by atoms with E-state index in [1.54, 1.807) is 23.3 Å². The molecule has 7 nitrogen and oxygen atoms in total. The van der Waals surface area contributed by atoms with Gasteiger partial charge in [-0.05, 0) is 43.5 Å². The van der Waals surface area contributed by atoms with Crippen molar-refractivity contribution in [2.75, 3.05) is 6.54 Å². The fourth-order valence-corrected chi connectivity index (χ4v) is 3.49. The van der Waals surface area contributed by atoms with Crippen LogP contribution in [0.2, 0.25) is 0 Å². The molecule has 3 N–H and O–H groups in total. The maximum Gasteiger partial charge on any atom is 0.390 e. The van der Waals surface area contributed by atoms with Crippen LogP contribution in [0.1, 0.15) is 40.7 Å². The summed E-state index contributed by atoms with van der Waals surface area (Å²) in [5.74, 6) is -0.107. The number of halogens is 3. The average Bonchev–Trinajstić information content (AvgIpc) is 3.41. The summed E-state index contributed by atoms with van der Waals surface area (Å²) in [5.41, 5.74) is 6.32. The Morgan fingerprint density at radius 2 is 2.13 bits per heavy atom. The molecule has 2 heterocycles. The quantitative estimate of drug-likeness (QED) is 0.600. The first-order chi connectivity index (χ1) is 14.7. The largest absolute Gasteiger partial charge is 0.390 e. The van der Waals surface area contributed by atoms with Gasteiger partial charge in [-0.2, -0.15) is 13.2 Å². The fourth-order valence-electron chi connectivity index (χ4n) is 3.49. The third kappa shape index (κ3) is 4.73. The van der Waals surface area contributed by atoms with E-state index < -0.39 is 25.3 Å². The van der Waals surface area contributed by atoms with Crippen molar-refractivity contribution in [1.29, 1.82) is 0 Å². The van der Waals surface area contributed by atoms with E-state index in [0.717, 1.165) is 24.0 Å². The normalized spacial score (nSPS) is 21.6. The topological polar surface area (TPSA) is 85.8 Å². The van der Waals surface area contributed by atoms with Gasteiger partial charge in [-0.3, -0.25) is 25.0 Å². The number of aryl methyl sites for hydroxylation is 1. The van der Waals surface area contributed by atoms with Gasteiger partial charge in [-0.15, -0.1) is 0 Å². The molecule has 1 fully saturated rings. The average molecular weight is 433 g/mol. The SMILES string of the molecule is Cc1cc(C2=CNC3C(=NCCC(F)(F)F)C=C(C=O)NN23)ccc1C(=O)NC1CC1. The minimum absolute atomic E-state index is 0.107. The number of carbonyl (C=O) groups is 2. The highest BCUT2D eigenvalue weighted by Gasteiger charge is 2.35. The van der Waals surface area contributed by atoms with Gasteiger partial charge < -0.3 is 10.6 Å². The van der Waals surface area contributed by atoms with Crippen molar-refractivity contribution in [3.63, 3.8) is 0 Å². The molecular weight excluding hydrogens is 411 g/mol. The standard InChI is InChI=1S/C21H22F3N5O2/c1-12-8-13(2-5-16(12)20(31)27-14-3-4-14)18-10-26-19-17(25-7-6-21(22,23)24)9-15(11-30)28-29(18)19/h2,5,8-11,14,19,26,28H,3-4,6-7H2,1H3,(H,27,31). The zero-order valence-corrected chi connectivity index (χ0v) is 16.8. The number of nitrogens with one attached hydrogen (secondary N) is 3. The molecule has 1 amide bonds. The fraction of sp³-hybridized carbons (Fsp3) is 0.381. The van der Waals surface area contributed by atoms with Gasteiger partial charge in [0.05, 0.1) is 23.5 Å². The summed E-state index contributed by atoms with van der Waals surface area (Å²) < 4.78 is 37.5. The Morgan fingerprint density at radius 3 is 2.77 bits per heavy atom. The molecule has 0 bridgehead atoms. The van der Waals surface area contributed by atoms with E-state index in [9.17, 15) is 22.8 Å². The van der Waals surface area contributed by atoms with Crippen LogP contribution in [0.5, 0.6) is 0 Å². The van der Waals surface area contributed by atoms with Gasteiger partial charge in [0.25, 0.3) is 5.91 Å². The molecule has 3 aliphatic rings. The third-order valence-corrected chi connectivity index (χ3v) is 5.22. The number of rotatable bonds is 6. The van der Waals surface area contributed by atoms with Crippen LogP contribution >= 0.6 is 0 Å². The van der Waals surface area contributed by atoms with Gasteiger partial charge in [-0.1, -0.05) is 6.07 Å². The van der Waals surface area contributed by atoms with E-state index in [4.69, 9.17) is 0 Å². The van der Waals surface area contributed by atoms with Crippen molar-refractivity contribution in [3.05, 3.63) is 52.9 Å². The molecular formula is C21H22F3N5O2. The monoisotopic (exact) mass is 433 g/mol. The summed E-state index contributed by atoms with van der Waals surface area (Å²) in [4.78, 5) is 27.8. The van der Waals surface area contributed by atoms with Crippen molar-refractivity contribution in [3.8, 4) is 0 Å². The first-order valence-corrected chi connectivity index (χ1v) is 9.97. The van der Waals surface area contributed by atoms with Gasteiger partial charge in [0.1, 0.15) is 0 Å². The summed E-state index contributed by atoms with van der Waals surface area (Å²) in [7, 11) is 0. The van der Waals surface area contributed by atoms with Crippen LogP contribution in [0.25, 0.3) is 5.70 Å². The van der Waals surface area contributed by atoms with Crippen molar-refractivity contribution in [2.24, 2.45) is 4.99 Å². The number of allylic oxidation sites excluding steroid dienone is 1. The van der Waals surface area contributed by atoms with Crippen LogP contribution in [0.4, 0.5) is 13.2 Å². The van der Waals surface area contributed by atoms with E-state index in [1.807, 2.05) is 13.0 Å². The number of hydrogen-bond acceptors (Lipinski definition) is 6. The van der Waals surface area contributed by atoms with Gasteiger partial charge in [0.15, 0.2) is 12.5 Å². The predicted molar refractivity (Wildman–Crippen MR) is 109 cm³/mol. The molecule has 1 aromatic carbocycles. The molecule has 0 saturated heterocycles. The Bertz CT molecular complexity index is 995. The highest BCUT2D eigenvalue weighted by Crippen LogP contribution is 2.29.